The molecule has 1 aromatic carbocycles. The Labute approximate surface area is 93.4 Å². The van der Waals surface area contributed by atoms with Gasteiger partial charge in [0.15, 0.2) is 0 Å². The Morgan fingerprint density at radius 2 is 2.33 bits per heavy atom. The van der Waals surface area contributed by atoms with Crippen LogP contribution in [0.4, 0.5) is 0 Å². The van der Waals surface area contributed by atoms with Gasteiger partial charge >= 0.3 is 0 Å². The zero-order chi connectivity index (χ0) is 11.3. The number of carbonyl (C=O) groups excluding carboxylic acids is 1. The maximum absolute atomic E-state index is 10.9. The third-order valence-electron chi connectivity index (χ3n) is 1.89. The lowest BCUT2D eigenvalue weighted by Crippen LogP contribution is -2.29. The van der Waals surface area contributed by atoms with Crippen LogP contribution in [0, 0.1) is 0 Å². The van der Waals surface area contributed by atoms with E-state index in [-0.39, 0.29) is 12.5 Å². The molecule has 0 aliphatic carbocycles. The molecule has 1 amide bonds. The summed E-state index contributed by atoms with van der Waals surface area (Å²) in [7, 11) is 1.55. The van der Waals surface area contributed by atoms with Gasteiger partial charge < -0.3 is 15.8 Å². The molecular formula is C10H13ClN2O2. The Balaban J connectivity index is 2.63. The number of hydrogen-bond acceptors (Lipinski definition) is 3. The minimum atomic E-state index is -0.193. The second-order valence-electron chi connectivity index (χ2n) is 2.95. The molecule has 0 radical (unpaired) electrons. The fraction of sp³-hybridized carbons (Fsp3) is 0.300. The topological polar surface area (TPSA) is 64.3 Å². The quantitative estimate of drug-likeness (QED) is 0.806. The number of ether oxygens (including phenoxy) is 1. The lowest BCUT2D eigenvalue weighted by molar-refractivity contribution is -0.119. The zero-order valence-electron chi connectivity index (χ0n) is 8.42. The van der Waals surface area contributed by atoms with Crippen molar-refractivity contribution in [2.24, 2.45) is 5.73 Å². The maximum atomic E-state index is 10.9. The van der Waals surface area contributed by atoms with E-state index in [0.717, 1.165) is 5.56 Å². The molecule has 1 aromatic rings. The van der Waals surface area contributed by atoms with E-state index in [2.05, 4.69) is 5.32 Å². The van der Waals surface area contributed by atoms with Crippen LogP contribution >= 0.6 is 11.6 Å². The van der Waals surface area contributed by atoms with Crippen molar-refractivity contribution in [1.82, 2.24) is 5.32 Å². The first kappa shape index (κ1) is 11.8. The van der Waals surface area contributed by atoms with Crippen molar-refractivity contribution in [2.45, 2.75) is 6.54 Å². The fourth-order valence-corrected chi connectivity index (χ4v) is 1.37. The summed E-state index contributed by atoms with van der Waals surface area (Å²) in [6.45, 7) is 0.406. The minimum Gasteiger partial charge on any atom is -0.495 e. The third kappa shape index (κ3) is 3.42. The number of carbonyl (C=O) groups is 1. The molecule has 0 spiro atoms. The molecule has 82 valence electrons. The molecule has 15 heavy (non-hydrogen) atoms. The van der Waals surface area contributed by atoms with Crippen LogP contribution in [0.5, 0.6) is 5.75 Å². The van der Waals surface area contributed by atoms with Gasteiger partial charge in [-0.1, -0.05) is 17.7 Å². The Morgan fingerprint density at radius 3 is 2.87 bits per heavy atom. The van der Waals surface area contributed by atoms with Crippen molar-refractivity contribution >= 4 is 17.5 Å². The predicted molar refractivity (Wildman–Crippen MR) is 58.9 cm³/mol. The fourth-order valence-electron chi connectivity index (χ4n) is 1.09. The largest absolute Gasteiger partial charge is 0.495 e. The summed E-state index contributed by atoms with van der Waals surface area (Å²) in [5.41, 5.74) is 6.06. The summed E-state index contributed by atoms with van der Waals surface area (Å²) in [6.07, 6.45) is 0. The van der Waals surface area contributed by atoms with Crippen molar-refractivity contribution in [3.8, 4) is 5.75 Å². The number of methoxy groups -OCH3 is 1. The lowest BCUT2D eigenvalue weighted by atomic mass is 10.2. The SMILES string of the molecule is COc1ccc(CNC(=O)CN)cc1Cl. The number of nitrogens with one attached hydrogen (secondary N) is 1. The molecule has 0 bridgehead atoms. The first-order valence-corrected chi connectivity index (χ1v) is 4.84. The molecular weight excluding hydrogens is 216 g/mol. The van der Waals surface area contributed by atoms with Crippen molar-refractivity contribution in [1.29, 1.82) is 0 Å². The minimum absolute atomic E-state index is 0.0100. The summed E-state index contributed by atoms with van der Waals surface area (Å²) in [4.78, 5) is 10.9. The second-order valence-corrected chi connectivity index (χ2v) is 3.36. The highest BCUT2D eigenvalue weighted by molar-refractivity contribution is 6.32. The van der Waals surface area contributed by atoms with Gasteiger partial charge in [-0.05, 0) is 17.7 Å². The molecule has 0 atom stereocenters. The summed E-state index contributed by atoms with van der Waals surface area (Å²) in [6, 6.07) is 5.34. The van der Waals surface area contributed by atoms with E-state index in [4.69, 9.17) is 22.1 Å². The van der Waals surface area contributed by atoms with Crippen molar-refractivity contribution in [3.05, 3.63) is 28.8 Å². The van der Waals surface area contributed by atoms with Gasteiger partial charge in [-0.3, -0.25) is 4.79 Å². The monoisotopic (exact) mass is 228 g/mol. The number of rotatable bonds is 4. The van der Waals surface area contributed by atoms with Crippen LogP contribution in [-0.4, -0.2) is 19.6 Å². The smallest absolute Gasteiger partial charge is 0.234 e. The average molecular weight is 229 g/mol. The first-order chi connectivity index (χ1) is 7.17. The highest BCUT2D eigenvalue weighted by Gasteiger charge is 2.02. The molecule has 0 saturated heterocycles. The first-order valence-electron chi connectivity index (χ1n) is 4.46. The van der Waals surface area contributed by atoms with E-state index < -0.39 is 0 Å². The highest BCUT2D eigenvalue weighted by Crippen LogP contribution is 2.24. The van der Waals surface area contributed by atoms with Gasteiger partial charge in [0.25, 0.3) is 0 Å². The molecule has 1 rings (SSSR count). The van der Waals surface area contributed by atoms with E-state index in [9.17, 15) is 4.79 Å². The normalized spacial score (nSPS) is 9.80. The summed E-state index contributed by atoms with van der Waals surface area (Å²) >= 11 is 5.92. The van der Waals surface area contributed by atoms with Gasteiger partial charge in [0.1, 0.15) is 5.75 Å². The van der Waals surface area contributed by atoms with Crippen molar-refractivity contribution in [3.63, 3.8) is 0 Å². The van der Waals surface area contributed by atoms with Gasteiger partial charge in [0.05, 0.1) is 18.7 Å². The van der Waals surface area contributed by atoms with Crippen LogP contribution in [-0.2, 0) is 11.3 Å². The maximum Gasteiger partial charge on any atom is 0.234 e. The molecule has 0 fully saturated rings. The number of hydrogen-bond donors (Lipinski definition) is 2. The van der Waals surface area contributed by atoms with E-state index in [1.54, 1.807) is 19.2 Å². The molecule has 0 aliphatic heterocycles. The van der Waals surface area contributed by atoms with Crippen LogP contribution in [0.2, 0.25) is 5.02 Å². The van der Waals surface area contributed by atoms with E-state index in [1.165, 1.54) is 0 Å². The molecule has 0 saturated carbocycles. The Kier molecular flexibility index (Phi) is 4.39. The molecule has 5 heteroatoms. The third-order valence-corrected chi connectivity index (χ3v) is 2.19. The van der Waals surface area contributed by atoms with Crippen LogP contribution in [0.15, 0.2) is 18.2 Å². The van der Waals surface area contributed by atoms with E-state index in [1.807, 2.05) is 6.07 Å². The summed E-state index contributed by atoms with van der Waals surface area (Å²) in [5, 5.41) is 3.17. The van der Waals surface area contributed by atoms with Crippen LogP contribution in [0.25, 0.3) is 0 Å². The average Bonchev–Trinajstić information content (AvgIpc) is 2.26. The van der Waals surface area contributed by atoms with Crippen LogP contribution in [0.1, 0.15) is 5.56 Å². The summed E-state index contributed by atoms with van der Waals surface area (Å²) in [5.74, 6) is 0.424. The standard InChI is InChI=1S/C10H13ClN2O2/c1-15-9-3-2-7(4-8(9)11)6-13-10(14)5-12/h2-4H,5-6,12H2,1H3,(H,13,14). The molecule has 0 unspecified atom stereocenters. The highest BCUT2D eigenvalue weighted by atomic mass is 35.5. The van der Waals surface area contributed by atoms with Crippen molar-refractivity contribution in [2.75, 3.05) is 13.7 Å². The summed E-state index contributed by atoms with van der Waals surface area (Å²) < 4.78 is 5.01. The van der Waals surface area contributed by atoms with Crippen LogP contribution in [0.3, 0.4) is 0 Å². The molecule has 0 heterocycles. The molecule has 0 aliphatic rings. The number of amides is 1. The van der Waals surface area contributed by atoms with E-state index >= 15 is 0 Å². The van der Waals surface area contributed by atoms with E-state index in [0.29, 0.717) is 17.3 Å². The van der Waals surface area contributed by atoms with Gasteiger partial charge in [-0.2, -0.15) is 0 Å². The number of benzene rings is 1. The van der Waals surface area contributed by atoms with Gasteiger partial charge in [0, 0.05) is 6.54 Å². The van der Waals surface area contributed by atoms with Gasteiger partial charge in [-0.15, -0.1) is 0 Å². The molecule has 0 aromatic heterocycles. The molecule has 4 nitrogen and oxygen atoms in total. The van der Waals surface area contributed by atoms with Gasteiger partial charge in [0.2, 0.25) is 5.91 Å². The Bertz CT molecular complexity index is 355. The second kappa shape index (κ2) is 5.58. The number of halogens is 1. The predicted octanol–water partition coefficient (Wildman–Crippen LogP) is 0.923. The number of nitrogens with two attached hydrogens (primary N) is 1. The van der Waals surface area contributed by atoms with Crippen molar-refractivity contribution < 1.29 is 9.53 Å². The lowest BCUT2D eigenvalue weighted by Gasteiger charge is -2.06. The van der Waals surface area contributed by atoms with Gasteiger partial charge in [-0.25, -0.2) is 0 Å². The Morgan fingerprint density at radius 1 is 1.60 bits per heavy atom. The molecule has 3 N–H and O–H groups in total. The Hall–Kier alpha value is -1.26. The van der Waals surface area contributed by atoms with Crippen LogP contribution < -0.4 is 15.8 Å². The zero-order valence-corrected chi connectivity index (χ0v) is 9.17.